The first-order chi connectivity index (χ1) is 16.2. The van der Waals surface area contributed by atoms with Crippen molar-refractivity contribution in [2.45, 2.75) is 54.7 Å². The molecule has 3 aliphatic rings. The smallest absolute Gasteiger partial charge is 0.747 e. The molecule has 12 nitrogen and oxygen atoms in total. The molecular formula is C18H27N4NaO8S4. The summed E-state index contributed by atoms with van der Waals surface area (Å²) < 4.78 is 32.9. The molecule has 0 saturated carbocycles. The molecule has 0 radical (unpaired) electrons. The van der Waals surface area contributed by atoms with Crippen molar-refractivity contribution in [2.75, 3.05) is 30.3 Å². The molecule has 17 heteroatoms. The summed E-state index contributed by atoms with van der Waals surface area (Å²) in [5, 5.41) is 7.83. The molecule has 3 N–H and O–H groups in total. The minimum Gasteiger partial charge on any atom is -0.747 e. The third-order valence-corrected chi connectivity index (χ3v) is 10.5. The summed E-state index contributed by atoms with van der Waals surface area (Å²) >= 11 is 1.92. The molecule has 4 amide bonds. The first kappa shape index (κ1) is 31.0. The minimum absolute atomic E-state index is 0. The summed E-state index contributed by atoms with van der Waals surface area (Å²) in [7, 11) is -1.98. The molecule has 2 unspecified atom stereocenters. The van der Waals surface area contributed by atoms with Crippen molar-refractivity contribution in [3.05, 3.63) is 0 Å². The summed E-state index contributed by atoms with van der Waals surface area (Å²) in [6.07, 6.45) is 2.34. The van der Waals surface area contributed by atoms with Crippen molar-refractivity contribution in [2.24, 2.45) is 0 Å². The predicted molar refractivity (Wildman–Crippen MR) is 128 cm³/mol. The third-order valence-electron chi connectivity index (χ3n) is 5.47. The van der Waals surface area contributed by atoms with E-state index in [2.05, 4.69) is 20.8 Å². The molecular weight excluding hydrogens is 551 g/mol. The number of nitrogens with zero attached hydrogens (tertiary/aromatic N) is 1. The Hall–Kier alpha value is -0.200. The number of fused-ring (bicyclic) bond motifs is 1. The molecule has 192 valence electrons. The van der Waals surface area contributed by atoms with Gasteiger partial charge in [0, 0.05) is 29.1 Å². The molecule has 3 heterocycles. The normalized spacial score (nSPS) is 25.7. The Kier molecular flexibility index (Phi) is 13.0. The number of hydroxylamine groups is 2. The Morgan fingerprint density at radius 1 is 1.17 bits per heavy atom. The van der Waals surface area contributed by atoms with Crippen LogP contribution in [0.2, 0.25) is 0 Å². The molecule has 0 bridgehead atoms. The number of amides is 4. The van der Waals surface area contributed by atoms with Gasteiger partial charge in [-0.05, 0) is 19.4 Å². The van der Waals surface area contributed by atoms with Crippen molar-refractivity contribution >= 4 is 67.3 Å². The third kappa shape index (κ3) is 9.25. The second kappa shape index (κ2) is 14.7. The Bertz CT molecular complexity index is 896. The van der Waals surface area contributed by atoms with Crippen LogP contribution < -0.4 is 45.5 Å². The monoisotopic (exact) mass is 578 g/mol. The van der Waals surface area contributed by atoms with Crippen LogP contribution in [0.15, 0.2) is 0 Å². The van der Waals surface area contributed by atoms with Crippen LogP contribution in [0.1, 0.15) is 32.1 Å². The number of imide groups is 1. The van der Waals surface area contributed by atoms with Crippen LogP contribution in [-0.4, -0.2) is 94.8 Å². The second-order valence-electron chi connectivity index (χ2n) is 7.94. The molecule has 0 aromatic heterocycles. The molecule has 0 aromatic rings. The number of hydrogen-bond donors (Lipinski definition) is 3. The van der Waals surface area contributed by atoms with Gasteiger partial charge in [-0.2, -0.15) is 11.8 Å². The summed E-state index contributed by atoms with van der Waals surface area (Å²) in [6, 6.07) is 0.452. The molecule has 0 aromatic carbocycles. The molecule has 3 rings (SSSR count). The van der Waals surface area contributed by atoms with Crippen LogP contribution in [0.3, 0.4) is 0 Å². The topological polar surface area (TPSA) is 174 Å². The van der Waals surface area contributed by atoms with Gasteiger partial charge in [-0.25, -0.2) is 18.0 Å². The average Bonchev–Trinajstić information content (AvgIpc) is 3.40. The van der Waals surface area contributed by atoms with E-state index in [1.807, 2.05) is 11.8 Å². The maximum atomic E-state index is 11.8. The number of carbonyl (C=O) groups is 4. The van der Waals surface area contributed by atoms with Gasteiger partial charge in [-0.1, -0.05) is 28.0 Å². The summed E-state index contributed by atoms with van der Waals surface area (Å²) in [5.74, 6) is -1.02. The Labute approximate surface area is 238 Å². The van der Waals surface area contributed by atoms with E-state index in [9.17, 15) is 32.1 Å². The van der Waals surface area contributed by atoms with Crippen LogP contribution in [0.4, 0.5) is 4.79 Å². The van der Waals surface area contributed by atoms with Crippen LogP contribution in [-0.2, 0) is 29.3 Å². The van der Waals surface area contributed by atoms with Crippen LogP contribution in [0.5, 0.6) is 0 Å². The summed E-state index contributed by atoms with van der Waals surface area (Å²) in [6.45, 7) is 1.72. The number of nitrogens with one attached hydrogen (secondary N) is 3. The minimum atomic E-state index is -4.98. The van der Waals surface area contributed by atoms with Gasteiger partial charge in [0.05, 0.1) is 24.9 Å². The van der Waals surface area contributed by atoms with E-state index in [0.29, 0.717) is 11.0 Å². The Morgan fingerprint density at radius 2 is 1.91 bits per heavy atom. The van der Waals surface area contributed by atoms with Gasteiger partial charge in [-0.3, -0.25) is 9.59 Å². The quantitative estimate of drug-likeness (QED) is 0.0472. The Balaban J connectivity index is 0.00000432. The van der Waals surface area contributed by atoms with Gasteiger partial charge in [-0.15, -0.1) is 5.06 Å². The number of thioether (sulfide) groups is 1. The molecule has 3 saturated heterocycles. The first-order valence-corrected chi connectivity index (χ1v) is 15.8. The van der Waals surface area contributed by atoms with Crippen molar-refractivity contribution in [1.29, 1.82) is 0 Å². The second-order valence-corrected chi connectivity index (χ2v) is 13.5. The van der Waals surface area contributed by atoms with Gasteiger partial charge in [0.1, 0.15) is 15.4 Å². The Morgan fingerprint density at radius 3 is 2.63 bits per heavy atom. The summed E-state index contributed by atoms with van der Waals surface area (Å²) in [5.41, 5.74) is 0. The van der Waals surface area contributed by atoms with Gasteiger partial charge in [0.15, 0.2) is 0 Å². The maximum absolute atomic E-state index is 11.8. The summed E-state index contributed by atoms with van der Waals surface area (Å²) in [4.78, 5) is 51.2. The zero-order valence-corrected chi connectivity index (χ0v) is 24.5. The van der Waals surface area contributed by atoms with Gasteiger partial charge >= 0.3 is 41.6 Å². The number of urea groups is 1. The van der Waals surface area contributed by atoms with E-state index >= 15 is 0 Å². The number of hydrogen-bond acceptors (Lipinski definition) is 12. The maximum Gasteiger partial charge on any atom is 1.00 e. The molecule has 3 fully saturated rings. The molecule has 4 atom stereocenters. The van der Waals surface area contributed by atoms with E-state index < -0.39 is 39.6 Å². The van der Waals surface area contributed by atoms with E-state index in [1.54, 1.807) is 10.8 Å². The molecule has 0 spiro atoms. The van der Waals surface area contributed by atoms with E-state index in [1.165, 1.54) is 10.8 Å². The van der Waals surface area contributed by atoms with Gasteiger partial charge in [0.2, 0.25) is 0 Å². The van der Waals surface area contributed by atoms with Crippen molar-refractivity contribution in [3.8, 4) is 0 Å². The van der Waals surface area contributed by atoms with Crippen molar-refractivity contribution in [3.63, 3.8) is 0 Å². The van der Waals surface area contributed by atoms with Gasteiger partial charge in [0.25, 0.3) is 11.8 Å². The largest absolute Gasteiger partial charge is 1.00 e. The zero-order valence-electron chi connectivity index (χ0n) is 19.2. The number of carbonyl (C=O) groups excluding carboxylic acids is 4. The van der Waals surface area contributed by atoms with Crippen molar-refractivity contribution < 1.29 is 66.5 Å². The van der Waals surface area contributed by atoms with Crippen molar-refractivity contribution in [1.82, 2.24) is 21.0 Å². The SMILES string of the molecule is O=C1N[C@H]2CSC(CCCCNCCSSCCC(=O)ON3C(=O)CC(S(=O)(=O)[O-])C3=O)[C@H]2N1.[Na+]. The van der Waals surface area contributed by atoms with E-state index in [4.69, 9.17) is 0 Å². The van der Waals surface area contributed by atoms with Gasteiger partial charge < -0.3 is 25.3 Å². The standard InChI is InChI=1S/C18H28N4O8S4.Na/c23-14-9-13(34(27,28)29)17(25)22(14)30-15(24)4-7-32-33-8-6-19-5-2-1-3-12-16-11(10-31-12)20-18(26)21-16;/h11-13,16,19H,1-10H2,(H2,20,21,26)(H,27,28,29);/q;+1/p-1/t11-,12?,13?,16-;/m0./s1. The molecule has 0 aliphatic carbocycles. The fraction of sp³-hybridized carbons (Fsp3) is 0.778. The first-order valence-electron chi connectivity index (χ1n) is 10.8. The van der Waals surface area contributed by atoms with E-state index in [-0.39, 0.29) is 59.2 Å². The van der Waals surface area contributed by atoms with Crippen LogP contribution >= 0.6 is 33.3 Å². The number of unbranched alkanes of at least 4 members (excludes halogenated alkanes) is 1. The molecule has 35 heavy (non-hydrogen) atoms. The molecule has 3 aliphatic heterocycles. The fourth-order valence-electron chi connectivity index (χ4n) is 3.77. The van der Waals surface area contributed by atoms with Crippen LogP contribution in [0.25, 0.3) is 0 Å². The predicted octanol–water partition coefficient (Wildman–Crippen LogP) is -3.18. The number of rotatable bonds is 14. The fourth-order valence-corrected chi connectivity index (χ4v) is 7.93. The average molecular weight is 579 g/mol. The van der Waals surface area contributed by atoms with Crippen LogP contribution in [0, 0.1) is 0 Å². The van der Waals surface area contributed by atoms with E-state index in [0.717, 1.165) is 43.9 Å². The zero-order chi connectivity index (χ0) is 24.7.